The molecule has 0 amide bonds. The van der Waals surface area contributed by atoms with E-state index in [0.29, 0.717) is 23.3 Å². The standard InChI is InChI=1S/C29H36O3/c1-5-6-7-14-23-18-25(30)24(17-16-21(4)12-10-11-20(2)3)29(31)28(23)27-19-22-13-8-9-15-26(22)32-27/h8-9,11,13,15-16,18-19,30-31H,5-7,10,12,14,17H2,1-4H3/b21-16+. The van der Waals surface area contributed by atoms with E-state index in [1.807, 2.05) is 36.4 Å². The number of aryl methyl sites for hydroxylation is 1. The molecule has 170 valence electrons. The van der Waals surface area contributed by atoms with E-state index in [1.165, 1.54) is 11.1 Å². The van der Waals surface area contributed by atoms with Crippen LogP contribution in [0.4, 0.5) is 0 Å². The van der Waals surface area contributed by atoms with Crippen molar-refractivity contribution in [3.05, 3.63) is 70.8 Å². The number of fused-ring (bicyclic) bond motifs is 1. The van der Waals surface area contributed by atoms with Crippen LogP contribution in [0.2, 0.25) is 0 Å². The third-order valence-electron chi connectivity index (χ3n) is 5.93. The van der Waals surface area contributed by atoms with E-state index in [4.69, 9.17) is 4.42 Å². The molecule has 3 aromatic rings. The molecule has 0 saturated heterocycles. The quantitative estimate of drug-likeness (QED) is 0.249. The van der Waals surface area contributed by atoms with Gasteiger partial charge >= 0.3 is 0 Å². The zero-order valence-electron chi connectivity index (χ0n) is 19.9. The van der Waals surface area contributed by atoms with Crippen molar-refractivity contribution in [1.82, 2.24) is 0 Å². The highest BCUT2D eigenvalue weighted by Gasteiger charge is 2.21. The van der Waals surface area contributed by atoms with Gasteiger partial charge in [0.05, 0.1) is 5.56 Å². The Labute approximate surface area is 192 Å². The summed E-state index contributed by atoms with van der Waals surface area (Å²) in [6, 6.07) is 11.7. The normalized spacial score (nSPS) is 11.8. The first-order chi connectivity index (χ1) is 15.4. The van der Waals surface area contributed by atoms with E-state index in [0.717, 1.165) is 55.1 Å². The fourth-order valence-electron chi connectivity index (χ4n) is 4.06. The van der Waals surface area contributed by atoms with Crippen LogP contribution < -0.4 is 0 Å². The van der Waals surface area contributed by atoms with Crippen LogP contribution in [-0.4, -0.2) is 10.2 Å². The Kier molecular flexibility index (Phi) is 8.21. The second-order valence-electron chi connectivity index (χ2n) is 8.94. The molecule has 2 N–H and O–H groups in total. The number of phenolic OH excluding ortho intramolecular Hbond substituents is 2. The number of hydrogen-bond acceptors (Lipinski definition) is 3. The molecule has 0 spiro atoms. The lowest BCUT2D eigenvalue weighted by molar-refractivity contribution is 0.439. The van der Waals surface area contributed by atoms with Gasteiger partial charge in [0.15, 0.2) is 0 Å². The number of hydrogen-bond donors (Lipinski definition) is 2. The molecule has 3 heteroatoms. The first-order valence-corrected chi connectivity index (χ1v) is 11.7. The summed E-state index contributed by atoms with van der Waals surface area (Å²) in [6.45, 7) is 8.49. The van der Waals surface area contributed by atoms with Crippen molar-refractivity contribution in [3.8, 4) is 22.8 Å². The van der Waals surface area contributed by atoms with Crippen molar-refractivity contribution in [2.24, 2.45) is 0 Å². The molecule has 0 aliphatic rings. The van der Waals surface area contributed by atoms with Crippen molar-refractivity contribution in [3.63, 3.8) is 0 Å². The second-order valence-corrected chi connectivity index (χ2v) is 8.94. The minimum Gasteiger partial charge on any atom is -0.508 e. The molecule has 0 saturated carbocycles. The minimum absolute atomic E-state index is 0.129. The Morgan fingerprint density at radius 1 is 1.00 bits per heavy atom. The first-order valence-electron chi connectivity index (χ1n) is 11.7. The minimum atomic E-state index is 0.129. The molecule has 0 radical (unpaired) electrons. The molecule has 2 aromatic carbocycles. The molecule has 0 fully saturated rings. The molecule has 0 bridgehead atoms. The lowest BCUT2D eigenvalue weighted by Gasteiger charge is -2.15. The maximum Gasteiger partial charge on any atom is 0.139 e. The van der Waals surface area contributed by atoms with E-state index in [2.05, 4.69) is 39.8 Å². The summed E-state index contributed by atoms with van der Waals surface area (Å²) in [5.74, 6) is 0.937. The van der Waals surface area contributed by atoms with Crippen LogP contribution >= 0.6 is 0 Å². The van der Waals surface area contributed by atoms with Gasteiger partial charge in [0, 0.05) is 10.9 Å². The predicted molar refractivity (Wildman–Crippen MR) is 134 cm³/mol. The van der Waals surface area contributed by atoms with Crippen molar-refractivity contribution < 1.29 is 14.6 Å². The Morgan fingerprint density at radius 2 is 1.78 bits per heavy atom. The predicted octanol–water partition coefficient (Wildman–Crippen LogP) is 8.48. The SMILES string of the molecule is CCCCCc1cc(O)c(C/C=C(\C)CCC=C(C)C)c(O)c1-c1cc2ccccc2o1. The topological polar surface area (TPSA) is 53.6 Å². The maximum absolute atomic E-state index is 11.3. The zero-order valence-corrected chi connectivity index (χ0v) is 19.9. The third-order valence-corrected chi connectivity index (χ3v) is 5.93. The van der Waals surface area contributed by atoms with Gasteiger partial charge in [0.1, 0.15) is 22.8 Å². The van der Waals surface area contributed by atoms with Crippen LogP contribution in [0.15, 0.2) is 64.1 Å². The molecule has 32 heavy (non-hydrogen) atoms. The highest BCUT2D eigenvalue weighted by atomic mass is 16.3. The van der Waals surface area contributed by atoms with Crippen LogP contribution in [0.3, 0.4) is 0 Å². The Balaban J connectivity index is 1.98. The molecule has 1 heterocycles. The summed E-state index contributed by atoms with van der Waals surface area (Å²) >= 11 is 0. The number of para-hydroxylation sites is 1. The molecule has 1 aromatic heterocycles. The number of unbranched alkanes of at least 4 members (excludes halogenated alkanes) is 2. The van der Waals surface area contributed by atoms with Crippen molar-refractivity contribution >= 4 is 11.0 Å². The lowest BCUT2D eigenvalue weighted by atomic mass is 9.93. The van der Waals surface area contributed by atoms with E-state index >= 15 is 0 Å². The largest absolute Gasteiger partial charge is 0.508 e. The third kappa shape index (κ3) is 5.85. The molecule has 0 atom stereocenters. The van der Waals surface area contributed by atoms with Gasteiger partial charge in [-0.2, -0.15) is 0 Å². The average Bonchev–Trinajstić information content (AvgIpc) is 3.17. The van der Waals surface area contributed by atoms with E-state index < -0.39 is 0 Å². The molecule has 0 aliphatic heterocycles. The summed E-state index contributed by atoms with van der Waals surface area (Å²) in [6.07, 6.45) is 10.8. The van der Waals surface area contributed by atoms with Gasteiger partial charge in [-0.25, -0.2) is 0 Å². The van der Waals surface area contributed by atoms with Crippen molar-refractivity contribution in [2.45, 2.75) is 72.6 Å². The summed E-state index contributed by atoms with van der Waals surface area (Å²) in [5, 5.41) is 23.1. The highest BCUT2D eigenvalue weighted by Crippen LogP contribution is 2.43. The lowest BCUT2D eigenvalue weighted by Crippen LogP contribution is -1.96. The van der Waals surface area contributed by atoms with E-state index in [-0.39, 0.29) is 11.5 Å². The van der Waals surface area contributed by atoms with Gasteiger partial charge in [0.2, 0.25) is 0 Å². The van der Waals surface area contributed by atoms with Gasteiger partial charge in [-0.05, 0) is 76.6 Å². The van der Waals surface area contributed by atoms with Gasteiger partial charge in [-0.3, -0.25) is 0 Å². The van der Waals surface area contributed by atoms with Crippen molar-refractivity contribution in [2.75, 3.05) is 0 Å². The molecular formula is C29H36O3. The number of phenols is 2. The van der Waals surface area contributed by atoms with E-state index in [9.17, 15) is 10.2 Å². The molecular weight excluding hydrogens is 396 g/mol. The summed E-state index contributed by atoms with van der Waals surface area (Å²) in [4.78, 5) is 0. The molecule has 3 nitrogen and oxygen atoms in total. The smallest absolute Gasteiger partial charge is 0.139 e. The number of allylic oxidation sites excluding steroid dienone is 4. The number of rotatable bonds is 10. The van der Waals surface area contributed by atoms with Gasteiger partial charge < -0.3 is 14.6 Å². The number of benzene rings is 2. The number of aromatic hydroxyl groups is 2. The van der Waals surface area contributed by atoms with Crippen LogP contribution in [0.5, 0.6) is 11.5 Å². The number of furan rings is 1. The molecule has 0 aliphatic carbocycles. The maximum atomic E-state index is 11.3. The van der Waals surface area contributed by atoms with Gasteiger partial charge in [-0.1, -0.05) is 61.3 Å². The highest BCUT2D eigenvalue weighted by molar-refractivity contribution is 5.85. The van der Waals surface area contributed by atoms with Gasteiger partial charge in [0.25, 0.3) is 0 Å². The summed E-state index contributed by atoms with van der Waals surface area (Å²) in [5.41, 5.74) is 5.56. The Hall–Kier alpha value is -2.94. The van der Waals surface area contributed by atoms with Crippen LogP contribution in [0.25, 0.3) is 22.3 Å². The van der Waals surface area contributed by atoms with Crippen LogP contribution in [0.1, 0.15) is 70.9 Å². The first kappa shape index (κ1) is 23.7. The summed E-state index contributed by atoms with van der Waals surface area (Å²) in [7, 11) is 0. The van der Waals surface area contributed by atoms with Crippen LogP contribution in [0, 0.1) is 0 Å². The van der Waals surface area contributed by atoms with Gasteiger partial charge in [-0.15, -0.1) is 0 Å². The average molecular weight is 433 g/mol. The monoisotopic (exact) mass is 432 g/mol. The molecule has 0 unspecified atom stereocenters. The summed E-state index contributed by atoms with van der Waals surface area (Å²) < 4.78 is 6.11. The van der Waals surface area contributed by atoms with Crippen molar-refractivity contribution in [1.29, 1.82) is 0 Å². The fourth-order valence-corrected chi connectivity index (χ4v) is 4.06. The van der Waals surface area contributed by atoms with Crippen LogP contribution in [-0.2, 0) is 12.8 Å². The Bertz CT molecular complexity index is 1080. The zero-order chi connectivity index (χ0) is 23.1. The van der Waals surface area contributed by atoms with E-state index in [1.54, 1.807) is 0 Å². The Morgan fingerprint density at radius 3 is 2.50 bits per heavy atom. The fraction of sp³-hybridized carbons (Fsp3) is 0.379. The second kappa shape index (κ2) is 11.1. The molecule has 3 rings (SSSR count).